The van der Waals surface area contributed by atoms with Crippen LogP contribution in [0.1, 0.15) is 12.0 Å². The van der Waals surface area contributed by atoms with E-state index in [4.69, 9.17) is 21.1 Å². The van der Waals surface area contributed by atoms with Crippen molar-refractivity contribution in [2.75, 3.05) is 51.3 Å². The molecule has 1 N–H and O–H groups in total. The predicted octanol–water partition coefficient (Wildman–Crippen LogP) is 3.30. The molecule has 2 aromatic carbocycles. The van der Waals surface area contributed by atoms with Gasteiger partial charge in [-0.15, -0.1) is 0 Å². The second-order valence-electron chi connectivity index (χ2n) is 7.72. The number of nitrogens with one attached hydrogen (secondary N) is 1. The zero-order valence-corrected chi connectivity index (χ0v) is 18.5. The maximum Gasteiger partial charge on any atom is 0.246 e. The number of halogens is 1. The molecule has 0 bridgehead atoms. The number of amides is 2. The Kier molecular flexibility index (Phi) is 7.29. The summed E-state index contributed by atoms with van der Waals surface area (Å²) in [6, 6.07) is 12.8. The summed E-state index contributed by atoms with van der Waals surface area (Å²) in [5.41, 5.74) is 1.49. The number of piperazine rings is 1. The number of hydrogen-bond acceptors (Lipinski definition) is 5. The quantitative estimate of drug-likeness (QED) is 0.700. The molecule has 32 heavy (non-hydrogen) atoms. The van der Waals surface area contributed by atoms with Crippen molar-refractivity contribution in [2.45, 2.75) is 6.42 Å². The van der Waals surface area contributed by atoms with E-state index in [-0.39, 0.29) is 18.4 Å². The van der Waals surface area contributed by atoms with Crippen LogP contribution in [0.5, 0.6) is 11.5 Å². The van der Waals surface area contributed by atoms with Gasteiger partial charge in [0.25, 0.3) is 0 Å². The number of nitrogens with zero attached hydrogens (tertiary/aromatic N) is 2. The molecule has 168 valence electrons. The van der Waals surface area contributed by atoms with Gasteiger partial charge < -0.3 is 19.7 Å². The Bertz CT molecular complexity index is 1000. The van der Waals surface area contributed by atoms with Crippen molar-refractivity contribution in [1.82, 2.24) is 9.80 Å². The largest absolute Gasteiger partial charge is 0.490 e. The summed E-state index contributed by atoms with van der Waals surface area (Å²) in [7, 11) is 0. The molecule has 2 heterocycles. The van der Waals surface area contributed by atoms with Crippen LogP contribution in [0.25, 0.3) is 6.08 Å². The van der Waals surface area contributed by atoms with Gasteiger partial charge in [0.15, 0.2) is 11.5 Å². The maximum absolute atomic E-state index is 12.6. The predicted molar refractivity (Wildman–Crippen MR) is 124 cm³/mol. The molecular formula is C24H26ClN3O4. The van der Waals surface area contributed by atoms with Gasteiger partial charge in [0.1, 0.15) is 0 Å². The van der Waals surface area contributed by atoms with E-state index < -0.39 is 0 Å². The molecule has 7 nitrogen and oxygen atoms in total. The SMILES string of the molecule is O=C(CN1CCN(C(=O)/C=C/c2ccc3c(c2)OCCCO3)CC1)Nc1ccccc1Cl. The molecule has 0 aromatic heterocycles. The van der Waals surface area contributed by atoms with E-state index >= 15 is 0 Å². The van der Waals surface area contributed by atoms with Gasteiger partial charge in [-0.2, -0.15) is 0 Å². The summed E-state index contributed by atoms with van der Waals surface area (Å²) in [4.78, 5) is 28.7. The number of carbonyl (C=O) groups is 2. The van der Waals surface area contributed by atoms with E-state index in [9.17, 15) is 9.59 Å². The fourth-order valence-corrected chi connectivity index (χ4v) is 3.82. The lowest BCUT2D eigenvalue weighted by atomic mass is 10.2. The van der Waals surface area contributed by atoms with Gasteiger partial charge in [-0.25, -0.2) is 0 Å². The first-order chi connectivity index (χ1) is 15.6. The molecule has 0 saturated carbocycles. The molecule has 2 aliphatic rings. The van der Waals surface area contributed by atoms with Crippen molar-refractivity contribution < 1.29 is 19.1 Å². The Balaban J connectivity index is 1.25. The molecule has 8 heteroatoms. The number of rotatable bonds is 5. The molecule has 0 spiro atoms. The Hall–Kier alpha value is -3.03. The Labute approximate surface area is 192 Å². The van der Waals surface area contributed by atoms with E-state index in [2.05, 4.69) is 5.32 Å². The van der Waals surface area contributed by atoms with E-state index in [0.717, 1.165) is 17.7 Å². The monoisotopic (exact) mass is 455 g/mol. The lowest BCUT2D eigenvalue weighted by molar-refractivity contribution is -0.127. The highest BCUT2D eigenvalue weighted by Crippen LogP contribution is 2.30. The van der Waals surface area contributed by atoms with E-state index in [1.54, 1.807) is 29.2 Å². The summed E-state index contributed by atoms with van der Waals surface area (Å²) in [6.07, 6.45) is 4.23. The highest BCUT2D eigenvalue weighted by Gasteiger charge is 2.21. The third kappa shape index (κ3) is 5.81. The highest BCUT2D eigenvalue weighted by molar-refractivity contribution is 6.33. The smallest absolute Gasteiger partial charge is 0.246 e. The molecule has 0 atom stereocenters. The first kappa shape index (κ1) is 22.2. The van der Waals surface area contributed by atoms with Gasteiger partial charge in [0.05, 0.1) is 30.5 Å². The van der Waals surface area contributed by atoms with Gasteiger partial charge >= 0.3 is 0 Å². The lowest BCUT2D eigenvalue weighted by Crippen LogP contribution is -2.50. The van der Waals surface area contributed by atoms with Crippen molar-refractivity contribution in [3.8, 4) is 11.5 Å². The molecule has 4 rings (SSSR count). The van der Waals surface area contributed by atoms with Crippen LogP contribution in [0.15, 0.2) is 48.5 Å². The summed E-state index contributed by atoms with van der Waals surface area (Å²) in [6.45, 7) is 3.96. The fourth-order valence-electron chi connectivity index (χ4n) is 3.64. The molecule has 0 aliphatic carbocycles. The van der Waals surface area contributed by atoms with Crippen LogP contribution in [-0.4, -0.2) is 67.6 Å². The van der Waals surface area contributed by atoms with Gasteiger partial charge in [-0.05, 0) is 35.9 Å². The summed E-state index contributed by atoms with van der Waals surface area (Å²) in [5, 5.41) is 3.34. The Morgan fingerprint density at radius 2 is 1.75 bits per heavy atom. The average Bonchev–Trinajstić information content (AvgIpc) is 3.04. The molecular weight excluding hydrogens is 430 g/mol. The Morgan fingerprint density at radius 3 is 2.53 bits per heavy atom. The summed E-state index contributed by atoms with van der Waals surface area (Å²) < 4.78 is 11.3. The van der Waals surface area contributed by atoms with Crippen molar-refractivity contribution in [3.63, 3.8) is 0 Å². The fraction of sp³-hybridized carbons (Fsp3) is 0.333. The molecule has 2 aromatic rings. The number of ether oxygens (including phenoxy) is 2. The van der Waals surface area contributed by atoms with Gasteiger partial charge in [-0.1, -0.05) is 29.8 Å². The molecule has 2 aliphatic heterocycles. The van der Waals surface area contributed by atoms with E-state index in [1.807, 2.05) is 35.2 Å². The number of fused-ring (bicyclic) bond motifs is 1. The topological polar surface area (TPSA) is 71.1 Å². The first-order valence-corrected chi connectivity index (χ1v) is 11.1. The maximum atomic E-state index is 12.6. The summed E-state index contributed by atoms with van der Waals surface area (Å²) in [5.74, 6) is 1.28. The van der Waals surface area contributed by atoms with Crippen LogP contribution < -0.4 is 14.8 Å². The third-order valence-electron chi connectivity index (χ3n) is 5.39. The second kappa shape index (κ2) is 10.5. The van der Waals surface area contributed by atoms with Crippen molar-refractivity contribution in [3.05, 3.63) is 59.1 Å². The molecule has 1 fully saturated rings. The average molecular weight is 456 g/mol. The van der Waals surface area contributed by atoms with E-state index in [0.29, 0.717) is 55.9 Å². The lowest BCUT2D eigenvalue weighted by Gasteiger charge is -2.33. The first-order valence-electron chi connectivity index (χ1n) is 10.7. The van der Waals surface area contributed by atoms with Crippen molar-refractivity contribution in [1.29, 1.82) is 0 Å². The number of carbonyl (C=O) groups excluding carboxylic acids is 2. The minimum Gasteiger partial charge on any atom is -0.490 e. The van der Waals surface area contributed by atoms with E-state index in [1.165, 1.54) is 0 Å². The normalized spacial score (nSPS) is 16.6. The van der Waals surface area contributed by atoms with Crippen LogP contribution in [0.4, 0.5) is 5.69 Å². The Morgan fingerprint density at radius 1 is 1.00 bits per heavy atom. The van der Waals surface area contributed by atoms with Crippen LogP contribution >= 0.6 is 11.6 Å². The third-order valence-corrected chi connectivity index (χ3v) is 5.72. The van der Waals surface area contributed by atoms with Gasteiger partial charge in [-0.3, -0.25) is 14.5 Å². The van der Waals surface area contributed by atoms with Gasteiger partial charge in [0, 0.05) is 38.7 Å². The zero-order valence-electron chi connectivity index (χ0n) is 17.8. The van der Waals surface area contributed by atoms with Crippen LogP contribution in [0.3, 0.4) is 0 Å². The number of para-hydroxylation sites is 1. The number of benzene rings is 2. The van der Waals surface area contributed by atoms with Crippen molar-refractivity contribution >= 4 is 35.2 Å². The molecule has 0 radical (unpaired) electrons. The molecule has 2 amide bonds. The van der Waals surface area contributed by atoms with Gasteiger partial charge in [0.2, 0.25) is 11.8 Å². The standard InChI is InChI=1S/C24H26ClN3O4/c25-19-4-1-2-5-20(19)26-23(29)17-27-10-12-28(13-11-27)24(30)9-7-18-6-8-21-22(16-18)32-15-3-14-31-21/h1-2,4-9,16H,3,10-15,17H2,(H,26,29)/b9-7+. The van der Waals surface area contributed by atoms with Crippen LogP contribution in [-0.2, 0) is 9.59 Å². The van der Waals surface area contributed by atoms with Crippen LogP contribution in [0.2, 0.25) is 5.02 Å². The number of anilines is 1. The minimum atomic E-state index is -0.118. The number of hydrogen-bond donors (Lipinski definition) is 1. The molecule has 0 unspecified atom stereocenters. The summed E-state index contributed by atoms with van der Waals surface area (Å²) >= 11 is 6.09. The zero-order chi connectivity index (χ0) is 22.3. The van der Waals surface area contributed by atoms with Crippen molar-refractivity contribution in [2.24, 2.45) is 0 Å². The minimum absolute atomic E-state index is 0.0442. The highest BCUT2D eigenvalue weighted by atomic mass is 35.5. The second-order valence-corrected chi connectivity index (χ2v) is 8.13. The van der Waals surface area contributed by atoms with Crippen LogP contribution in [0, 0.1) is 0 Å². The molecule has 1 saturated heterocycles.